The Bertz CT molecular complexity index is 419. The smallest absolute Gasteiger partial charge is 0.406 e. The quantitative estimate of drug-likeness (QED) is 0.916. The van der Waals surface area contributed by atoms with Crippen molar-refractivity contribution in [3.8, 4) is 5.75 Å². The minimum Gasteiger partial charge on any atom is -0.406 e. The van der Waals surface area contributed by atoms with Gasteiger partial charge in [0, 0.05) is 6.04 Å². The lowest BCUT2D eigenvalue weighted by Gasteiger charge is -2.23. The summed E-state index contributed by atoms with van der Waals surface area (Å²) < 4.78 is 40.6. The van der Waals surface area contributed by atoms with Gasteiger partial charge >= 0.3 is 6.36 Å². The molecular formula is C13H16F3NOS. The van der Waals surface area contributed by atoms with Crippen LogP contribution >= 0.6 is 11.8 Å². The number of nitrogens with one attached hydrogen (secondary N) is 1. The number of alkyl halides is 3. The van der Waals surface area contributed by atoms with Crippen LogP contribution in [0, 0.1) is 5.92 Å². The van der Waals surface area contributed by atoms with Gasteiger partial charge in [-0.25, -0.2) is 0 Å². The van der Waals surface area contributed by atoms with Gasteiger partial charge in [-0.2, -0.15) is 11.8 Å². The predicted octanol–water partition coefficient (Wildman–Crippen LogP) is 3.60. The summed E-state index contributed by atoms with van der Waals surface area (Å²) in [4.78, 5) is 0. The van der Waals surface area contributed by atoms with Crippen molar-refractivity contribution in [2.45, 2.75) is 18.8 Å². The van der Waals surface area contributed by atoms with Crippen LogP contribution in [0.2, 0.25) is 0 Å². The van der Waals surface area contributed by atoms with Crippen molar-refractivity contribution >= 4 is 11.8 Å². The Labute approximate surface area is 114 Å². The maximum Gasteiger partial charge on any atom is 0.573 e. The number of halogens is 3. The van der Waals surface area contributed by atoms with Gasteiger partial charge in [0.1, 0.15) is 5.75 Å². The normalized spacial score (nSPS) is 21.4. The molecule has 2 unspecified atom stereocenters. The van der Waals surface area contributed by atoms with E-state index in [1.165, 1.54) is 12.1 Å². The lowest BCUT2D eigenvalue weighted by Crippen LogP contribution is -2.25. The third kappa shape index (κ3) is 4.04. The number of hydrogen-bond donors (Lipinski definition) is 1. The zero-order valence-corrected chi connectivity index (χ0v) is 11.4. The van der Waals surface area contributed by atoms with Gasteiger partial charge in [-0.1, -0.05) is 12.1 Å². The maximum absolute atomic E-state index is 12.2. The van der Waals surface area contributed by atoms with E-state index in [0.29, 0.717) is 5.92 Å². The Morgan fingerprint density at radius 2 is 2.21 bits per heavy atom. The molecule has 0 aromatic heterocycles. The summed E-state index contributed by atoms with van der Waals surface area (Å²) in [5.74, 6) is 2.45. The van der Waals surface area contributed by atoms with Crippen molar-refractivity contribution in [2.24, 2.45) is 5.92 Å². The summed E-state index contributed by atoms with van der Waals surface area (Å²) in [5.41, 5.74) is 0.844. The Morgan fingerprint density at radius 1 is 1.42 bits per heavy atom. The number of rotatable bonds is 4. The second kappa shape index (κ2) is 6.05. The van der Waals surface area contributed by atoms with Crippen LogP contribution in [0.1, 0.15) is 18.0 Å². The molecule has 1 aliphatic heterocycles. The Kier molecular flexibility index (Phi) is 4.62. The predicted molar refractivity (Wildman–Crippen MR) is 70.4 cm³/mol. The van der Waals surface area contributed by atoms with Gasteiger partial charge in [0.15, 0.2) is 0 Å². The molecule has 2 atom stereocenters. The first-order valence-corrected chi connectivity index (χ1v) is 7.26. The highest BCUT2D eigenvalue weighted by molar-refractivity contribution is 7.99. The first-order valence-electron chi connectivity index (χ1n) is 6.10. The van der Waals surface area contributed by atoms with E-state index in [1.54, 1.807) is 6.07 Å². The molecule has 1 fully saturated rings. The average Bonchev–Trinajstić information content (AvgIpc) is 2.82. The summed E-state index contributed by atoms with van der Waals surface area (Å²) in [6.45, 7) is 0. The highest BCUT2D eigenvalue weighted by Crippen LogP contribution is 2.35. The minimum atomic E-state index is -4.64. The van der Waals surface area contributed by atoms with E-state index in [2.05, 4.69) is 10.1 Å². The summed E-state index contributed by atoms with van der Waals surface area (Å²) in [7, 11) is 1.84. The molecule has 0 aliphatic carbocycles. The summed E-state index contributed by atoms with van der Waals surface area (Å²) in [6.07, 6.45) is -3.56. The minimum absolute atomic E-state index is 0.0757. The summed E-state index contributed by atoms with van der Waals surface area (Å²) in [5, 5.41) is 3.20. The molecule has 2 nitrogen and oxygen atoms in total. The molecule has 2 rings (SSSR count). The van der Waals surface area contributed by atoms with Crippen LogP contribution in [-0.4, -0.2) is 24.9 Å². The SMILES string of the molecule is CNC(c1cccc(OC(F)(F)F)c1)C1CCSC1. The molecule has 0 spiro atoms. The van der Waals surface area contributed by atoms with E-state index in [1.807, 2.05) is 24.9 Å². The van der Waals surface area contributed by atoms with E-state index in [-0.39, 0.29) is 11.8 Å². The van der Waals surface area contributed by atoms with E-state index >= 15 is 0 Å². The van der Waals surface area contributed by atoms with Gasteiger partial charge in [0.25, 0.3) is 0 Å². The number of benzene rings is 1. The Hall–Kier alpha value is -0.880. The molecule has 0 radical (unpaired) electrons. The lowest BCUT2D eigenvalue weighted by atomic mass is 9.92. The molecule has 6 heteroatoms. The maximum atomic E-state index is 12.2. The molecule has 0 amide bonds. The molecule has 19 heavy (non-hydrogen) atoms. The van der Waals surface area contributed by atoms with Crippen LogP contribution in [-0.2, 0) is 0 Å². The van der Waals surface area contributed by atoms with Crippen molar-refractivity contribution in [3.05, 3.63) is 29.8 Å². The van der Waals surface area contributed by atoms with Crippen molar-refractivity contribution < 1.29 is 17.9 Å². The average molecular weight is 291 g/mol. The fourth-order valence-corrected chi connectivity index (χ4v) is 3.69. The van der Waals surface area contributed by atoms with E-state index < -0.39 is 6.36 Å². The third-order valence-corrected chi connectivity index (χ3v) is 4.39. The zero-order valence-electron chi connectivity index (χ0n) is 10.5. The molecule has 1 aliphatic rings. The topological polar surface area (TPSA) is 21.3 Å². The largest absolute Gasteiger partial charge is 0.573 e. The van der Waals surface area contributed by atoms with Crippen LogP contribution in [0.15, 0.2) is 24.3 Å². The highest BCUT2D eigenvalue weighted by Gasteiger charge is 2.32. The molecule has 1 saturated heterocycles. The van der Waals surface area contributed by atoms with Gasteiger partial charge in [-0.05, 0) is 48.6 Å². The standard InChI is InChI=1S/C13H16F3NOS/c1-17-12(10-5-6-19-8-10)9-3-2-4-11(7-9)18-13(14,15)16/h2-4,7,10,12,17H,5-6,8H2,1H3. The molecule has 1 aromatic rings. The van der Waals surface area contributed by atoms with Crippen LogP contribution in [0.25, 0.3) is 0 Å². The lowest BCUT2D eigenvalue weighted by molar-refractivity contribution is -0.274. The number of hydrogen-bond acceptors (Lipinski definition) is 3. The molecule has 1 heterocycles. The monoisotopic (exact) mass is 291 g/mol. The molecule has 0 saturated carbocycles. The van der Waals surface area contributed by atoms with Gasteiger partial charge in [-0.15, -0.1) is 13.2 Å². The van der Waals surface area contributed by atoms with Crippen molar-refractivity contribution in [3.63, 3.8) is 0 Å². The molecule has 1 N–H and O–H groups in total. The van der Waals surface area contributed by atoms with Gasteiger partial charge < -0.3 is 10.1 Å². The number of thioether (sulfide) groups is 1. The zero-order chi connectivity index (χ0) is 13.9. The summed E-state index contributed by atoms with van der Waals surface area (Å²) >= 11 is 1.88. The number of ether oxygens (including phenoxy) is 1. The van der Waals surface area contributed by atoms with Crippen LogP contribution in [0.3, 0.4) is 0 Å². The van der Waals surface area contributed by atoms with Crippen molar-refractivity contribution in [1.29, 1.82) is 0 Å². The molecule has 1 aromatic carbocycles. The van der Waals surface area contributed by atoms with Gasteiger partial charge in [-0.3, -0.25) is 0 Å². The fraction of sp³-hybridized carbons (Fsp3) is 0.538. The van der Waals surface area contributed by atoms with Crippen LogP contribution < -0.4 is 10.1 Å². The van der Waals surface area contributed by atoms with E-state index in [4.69, 9.17) is 0 Å². The Balaban J connectivity index is 2.16. The van der Waals surface area contributed by atoms with Gasteiger partial charge in [0.05, 0.1) is 0 Å². The van der Waals surface area contributed by atoms with Crippen molar-refractivity contribution in [2.75, 3.05) is 18.6 Å². The van der Waals surface area contributed by atoms with Crippen LogP contribution in [0.4, 0.5) is 13.2 Å². The van der Waals surface area contributed by atoms with Crippen molar-refractivity contribution in [1.82, 2.24) is 5.32 Å². The first-order chi connectivity index (χ1) is 8.99. The third-order valence-electron chi connectivity index (χ3n) is 3.20. The highest BCUT2D eigenvalue weighted by atomic mass is 32.2. The second-order valence-electron chi connectivity index (χ2n) is 4.51. The summed E-state index contributed by atoms with van der Waals surface area (Å²) in [6, 6.07) is 6.31. The fourth-order valence-electron chi connectivity index (χ4n) is 2.40. The molecular weight excluding hydrogens is 275 g/mol. The first kappa shape index (κ1) is 14.5. The van der Waals surface area contributed by atoms with Crippen LogP contribution in [0.5, 0.6) is 5.75 Å². The van der Waals surface area contributed by atoms with E-state index in [9.17, 15) is 13.2 Å². The Morgan fingerprint density at radius 3 is 2.79 bits per heavy atom. The second-order valence-corrected chi connectivity index (χ2v) is 5.66. The van der Waals surface area contributed by atoms with Gasteiger partial charge in [0.2, 0.25) is 0 Å². The molecule has 0 bridgehead atoms. The molecule has 106 valence electrons. The van der Waals surface area contributed by atoms with E-state index in [0.717, 1.165) is 23.5 Å².